The van der Waals surface area contributed by atoms with E-state index in [9.17, 15) is 0 Å². The van der Waals surface area contributed by atoms with E-state index in [0.717, 1.165) is 57.3 Å². The van der Waals surface area contributed by atoms with Gasteiger partial charge in [0.05, 0.1) is 11.0 Å². The summed E-state index contributed by atoms with van der Waals surface area (Å²) in [6.07, 6.45) is 8.85. The Hall–Kier alpha value is -5.67. The van der Waals surface area contributed by atoms with Crippen LogP contribution < -0.4 is 0 Å². The minimum Gasteiger partial charge on any atom is -0.456 e. The molecule has 2 heterocycles. The maximum absolute atomic E-state index is 6.38. The molecule has 0 fully saturated rings. The van der Waals surface area contributed by atoms with E-state index in [1.165, 1.54) is 49.7 Å². The molecule has 0 unspecified atom stereocenters. The first kappa shape index (κ1) is 23.8. The molecule has 206 valence electrons. The van der Waals surface area contributed by atoms with E-state index in [1.54, 1.807) is 0 Å². The molecule has 2 aliphatic carbocycles. The van der Waals surface area contributed by atoms with Crippen LogP contribution in [0.2, 0.25) is 0 Å². The zero-order valence-electron chi connectivity index (χ0n) is 23.9. The van der Waals surface area contributed by atoms with Crippen LogP contribution in [0.25, 0.3) is 88.4 Å². The molecule has 0 amide bonds. The Balaban J connectivity index is 1.17. The largest absolute Gasteiger partial charge is 0.456 e. The van der Waals surface area contributed by atoms with E-state index >= 15 is 0 Å². The first-order valence-electron chi connectivity index (χ1n) is 15.3. The first-order valence-corrected chi connectivity index (χ1v) is 15.3. The molecule has 0 atom stereocenters. The number of benzene rings is 6. The zero-order valence-corrected chi connectivity index (χ0v) is 23.9. The number of para-hydroxylation sites is 2. The Morgan fingerprint density at radius 1 is 0.591 bits per heavy atom. The number of hydrogen-bond donors (Lipinski definition) is 0. The highest BCUT2D eigenvalue weighted by Crippen LogP contribution is 2.49. The van der Waals surface area contributed by atoms with Gasteiger partial charge in [0.15, 0.2) is 0 Å². The van der Waals surface area contributed by atoms with Crippen molar-refractivity contribution in [1.29, 1.82) is 0 Å². The third kappa shape index (κ3) is 3.29. The van der Waals surface area contributed by atoms with E-state index in [1.807, 2.05) is 0 Å². The van der Waals surface area contributed by atoms with Gasteiger partial charge in [-0.15, -0.1) is 0 Å². The molecule has 0 aliphatic heterocycles. The number of furan rings is 1. The first-order chi connectivity index (χ1) is 21.8. The second-order valence-electron chi connectivity index (χ2n) is 11.8. The van der Waals surface area contributed by atoms with Gasteiger partial charge in [-0.1, -0.05) is 91.0 Å². The molecule has 2 aliphatic rings. The highest BCUT2D eigenvalue weighted by molar-refractivity contribution is 6.19. The Kier molecular flexibility index (Phi) is 4.83. The molecule has 0 bridgehead atoms. The van der Waals surface area contributed by atoms with Gasteiger partial charge in [-0.2, -0.15) is 0 Å². The Labute approximate surface area is 254 Å². The van der Waals surface area contributed by atoms with Crippen LogP contribution in [0.3, 0.4) is 0 Å². The summed E-state index contributed by atoms with van der Waals surface area (Å²) in [6, 6.07) is 41.6. The summed E-state index contributed by atoms with van der Waals surface area (Å²) in [4.78, 5) is 5.08. The van der Waals surface area contributed by atoms with E-state index in [2.05, 4.69) is 138 Å². The molecule has 8 aromatic rings. The fourth-order valence-corrected chi connectivity index (χ4v) is 7.39. The third-order valence-electron chi connectivity index (χ3n) is 9.38. The normalized spacial score (nSPS) is 13.8. The maximum Gasteiger partial charge on any atom is 0.145 e. The minimum atomic E-state index is 0.888. The summed E-state index contributed by atoms with van der Waals surface area (Å²) >= 11 is 0. The van der Waals surface area contributed by atoms with Crippen molar-refractivity contribution in [3.8, 4) is 39.1 Å². The number of nitrogens with zero attached hydrogens (tertiary/aromatic N) is 2. The standard InChI is InChI=1S/C41H26N2O/c1-2-9-25(10-3-1)41-42-36-15-6-7-16-37(36)43(41)27-18-22-39-35(24-27)34-23-26(17-21-38(34)44-39)28-19-20-33-30-12-5-4-11-29(30)32-14-8-13-31(28)40(32)33/h2,4-24H,1,3H2. The van der Waals surface area contributed by atoms with Crippen molar-refractivity contribution < 1.29 is 4.42 Å². The quantitative estimate of drug-likeness (QED) is 0.214. The highest BCUT2D eigenvalue weighted by atomic mass is 16.3. The average Bonchev–Trinajstić information content (AvgIpc) is 3.76. The molecule has 10 rings (SSSR count). The lowest BCUT2D eigenvalue weighted by Gasteiger charge is -2.12. The smallest absolute Gasteiger partial charge is 0.145 e. The lowest BCUT2D eigenvalue weighted by Crippen LogP contribution is -2.01. The van der Waals surface area contributed by atoms with Crippen molar-refractivity contribution >= 4 is 49.3 Å². The molecule has 2 aromatic heterocycles. The van der Waals surface area contributed by atoms with Gasteiger partial charge in [-0.05, 0) is 99.5 Å². The molecule has 0 N–H and O–H groups in total. The molecule has 0 saturated carbocycles. The molecule has 0 saturated heterocycles. The molecule has 0 radical (unpaired) electrons. The van der Waals surface area contributed by atoms with E-state index in [-0.39, 0.29) is 0 Å². The van der Waals surface area contributed by atoms with Crippen LogP contribution >= 0.6 is 0 Å². The number of imidazole rings is 1. The van der Waals surface area contributed by atoms with Gasteiger partial charge in [0.2, 0.25) is 0 Å². The molecule has 0 spiro atoms. The van der Waals surface area contributed by atoms with Crippen molar-refractivity contribution in [2.24, 2.45) is 0 Å². The van der Waals surface area contributed by atoms with E-state index in [0.29, 0.717) is 0 Å². The van der Waals surface area contributed by atoms with Crippen LogP contribution in [0.5, 0.6) is 0 Å². The second kappa shape index (κ2) is 8.92. The maximum atomic E-state index is 6.38. The van der Waals surface area contributed by atoms with Crippen LogP contribution in [0, 0.1) is 0 Å². The van der Waals surface area contributed by atoms with Crippen LogP contribution in [0.1, 0.15) is 18.7 Å². The van der Waals surface area contributed by atoms with Gasteiger partial charge in [0.1, 0.15) is 17.0 Å². The molecule has 3 heteroatoms. The van der Waals surface area contributed by atoms with Crippen LogP contribution in [-0.2, 0) is 0 Å². The molecular weight excluding hydrogens is 536 g/mol. The van der Waals surface area contributed by atoms with Gasteiger partial charge < -0.3 is 4.42 Å². The van der Waals surface area contributed by atoms with E-state index < -0.39 is 0 Å². The summed E-state index contributed by atoms with van der Waals surface area (Å²) in [6.45, 7) is 0. The fourth-order valence-electron chi connectivity index (χ4n) is 7.39. The van der Waals surface area contributed by atoms with Gasteiger partial charge in [0.25, 0.3) is 0 Å². The van der Waals surface area contributed by atoms with Gasteiger partial charge in [-0.3, -0.25) is 4.57 Å². The van der Waals surface area contributed by atoms with Gasteiger partial charge >= 0.3 is 0 Å². The SMILES string of the molecule is C1=CC(c2nc3ccccc3n2-c2ccc3oc4ccc(-c5ccc6c7c(cccc57)-c5ccccc5-6)cc4c3c2)=CCC1. The number of allylic oxidation sites excluding steroid dienone is 4. The van der Waals surface area contributed by atoms with Crippen molar-refractivity contribution in [1.82, 2.24) is 9.55 Å². The average molecular weight is 563 g/mol. The lowest BCUT2D eigenvalue weighted by molar-refractivity contribution is 0.669. The number of aromatic nitrogens is 2. The Morgan fingerprint density at radius 3 is 2.20 bits per heavy atom. The van der Waals surface area contributed by atoms with Crippen molar-refractivity contribution in [3.05, 3.63) is 139 Å². The Bertz CT molecular complexity index is 2530. The monoisotopic (exact) mass is 562 g/mol. The minimum absolute atomic E-state index is 0.888. The number of rotatable bonds is 3. The second-order valence-corrected chi connectivity index (χ2v) is 11.8. The van der Waals surface area contributed by atoms with Crippen LogP contribution in [0.4, 0.5) is 0 Å². The number of fused-ring (bicyclic) bond motifs is 7. The fraction of sp³-hybridized carbons (Fsp3) is 0.0488. The molecular formula is C41H26N2O. The van der Waals surface area contributed by atoms with Gasteiger partial charge in [0, 0.05) is 22.0 Å². The van der Waals surface area contributed by atoms with Crippen LogP contribution in [-0.4, -0.2) is 9.55 Å². The predicted octanol–water partition coefficient (Wildman–Crippen LogP) is 11.1. The lowest BCUT2D eigenvalue weighted by atomic mass is 9.93. The molecule has 3 nitrogen and oxygen atoms in total. The third-order valence-corrected chi connectivity index (χ3v) is 9.38. The van der Waals surface area contributed by atoms with E-state index in [4.69, 9.17) is 9.40 Å². The summed E-state index contributed by atoms with van der Waals surface area (Å²) in [7, 11) is 0. The Morgan fingerprint density at radius 2 is 1.34 bits per heavy atom. The summed E-state index contributed by atoms with van der Waals surface area (Å²) < 4.78 is 8.67. The highest BCUT2D eigenvalue weighted by Gasteiger charge is 2.23. The van der Waals surface area contributed by atoms with Crippen molar-refractivity contribution in [2.45, 2.75) is 12.8 Å². The zero-order chi connectivity index (χ0) is 28.8. The van der Waals surface area contributed by atoms with Crippen molar-refractivity contribution in [2.75, 3.05) is 0 Å². The summed E-state index contributed by atoms with van der Waals surface area (Å²) in [5.41, 5.74) is 13.8. The molecule has 44 heavy (non-hydrogen) atoms. The summed E-state index contributed by atoms with van der Waals surface area (Å²) in [5.74, 6) is 0.976. The number of hydrogen-bond acceptors (Lipinski definition) is 2. The van der Waals surface area contributed by atoms with Gasteiger partial charge in [-0.25, -0.2) is 4.98 Å². The summed E-state index contributed by atoms with van der Waals surface area (Å²) in [5, 5.41) is 4.85. The van der Waals surface area contributed by atoms with Crippen LogP contribution in [0.15, 0.2) is 138 Å². The predicted molar refractivity (Wildman–Crippen MR) is 182 cm³/mol. The van der Waals surface area contributed by atoms with Crippen molar-refractivity contribution in [3.63, 3.8) is 0 Å². The molecule has 6 aromatic carbocycles. The topological polar surface area (TPSA) is 31.0 Å².